The van der Waals surface area contributed by atoms with Crippen LogP contribution in [0.15, 0.2) is 23.1 Å². The van der Waals surface area contributed by atoms with Gasteiger partial charge in [0.15, 0.2) is 0 Å². The lowest BCUT2D eigenvalue weighted by atomic mass is 10.1. The summed E-state index contributed by atoms with van der Waals surface area (Å²) in [7, 11) is 2.08. The summed E-state index contributed by atoms with van der Waals surface area (Å²) < 4.78 is 13.0. The molecule has 18 heavy (non-hydrogen) atoms. The van der Waals surface area contributed by atoms with Gasteiger partial charge in [0, 0.05) is 23.5 Å². The first-order valence-corrected chi connectivity index (χ1v) is 6.46. The monoisotopic (exact) mass is 268 g/mol. The smallest absolute Gasteiger partial charge is 0.251 e. The molecule has 0 spiro atoms. The number of rotatable bonds is 3. The average Bonchev–Trinajstić information content (AvgIpc) is 2.75. The fourth-order valence-corrected chi connectivity index (χ4v) is 2.40. The molecule has 1 aliphatic rings. The summed E-state index contributed by atoms with van der Waals surface area (Å²) in [6.45, 7) is 2.77. The highest BCUT2D eigenvalue weighted by Crippen LogP contribution is 2.15. The molecule has 1 aromatic carbocycles. The number of amides is 1. The normalized spacial score (nSPS) is 20.1. The lowest BCUT2D eigenvalue weighted by molar-refractivity contribution is 0.0947. The Labute approximate surface area is 112 Å². The maximum Gasteiger partial charge on any atom is 0.251 e. The number of nitrogens with one attached hydrogen (secondary N) is 1. The van der Waals surface area contributed by atoms with Crippen molar-refractivity contribution in [2.24, 2.45) is 5.92 Å². The zero-order chi connectivity index (χ0) is 13.1. The van der Waals surface area contributed by atoms with Crippen molar-refractivity contribution < 1.29 is 9.18 Å². The fourth-order valence-electron chi connectivity index (χ4n) is 2.19. The van der Waals surface area contributed by atoms with Crippen LogP contribution in [0.25, 0.3) is 0 Å². The third-order valence-corrected chi connectivity index (χ3v) is 3.59. The molecule has 0 aromatic heterocycles. The van der Waals surface area contributed by atoms with Crippen LogP contribution >= 0.6 is 12.6 Å². The molecule has 1 unspecified atom stereocenters. The van der Waals surface area contributed by atoms with E-state index in [2.05, 4.69) is 29.9 Å². The van der Waals surface area contributed by atoms with Gasteiger partial charge in [-0.15, -0.1) is 12.6 Å². The van der Waals surface area contributed by atoms with Gasteiger partial charge in [-0.05, 0) is 44.1 Å². The second-order valence-corrected chi connectivity index (χ2v) is 5.27. The first-order valence-electron chi connectivity index (χ1n) is 6.01. The van der Waals surface area contributed by atoms with Crippen molar-refractivity contribution in [3.05, 3.63) is 29.6 Å². The summed E-state index contributed by atoms with van der Waals surface area (Å²) in [6, 6.07) is 4.19. The molecule has 0 aliphatic carbocycles. The molecule has 1 N–H and O–H groups in total. The van der Waals surface area contributed by atoms with Crippen LogP contribution in [-0.2, 0) is 0 Å². The molecular weight excluding hydrogens is 251 g/mol. The van der Waals surface area contributed by atoms with Gasteiger partial charge < -0.3 is 10.2 Å². The van der Waals surface area contributed by atoms with Crippen LogP contribution in [0.5, 0.6) is 0 Å². The van der Waals surface area contributed by atoms with E-state index in [1.54, 1.807) is 0 Å². The summed E-state index contributed by atoms with van der Waals surface area (Å²) in [5.41, 5.74) is 0.452. The van der Waals surface area contributed by atoms with Crippen molar-refractivity contribution in [3.63, 3.8) is 0 Å². The molecule has 0 saturated carbocycles. The van der Waals surface area contributed by atoms with Crippen LogP contribution in [0.3, 0.4) is 0 Å². The number of carbonyl (C=O) groups excluding carboxylic acids is 1. The van der Waals surface area contributed by atoms with E-state index < -0.39 is 5.82 Å². The number of nitrogens with zero attached hydrogens (tertiary/aromatic N) is 1. The summed E-state index contributed by atoms with van der Waals surface area (Å²) in [5.74, 6) is -0.0676. The van der Waals surface area contributed by atoms with Gasteiger partial charge in [-0.3, -0.25) is 4.79 Å². The minimum atomic E-state index is -0.410. The highest BCUT2D eigenvalue weighted by Gasteiger charge is 2.20. The Hall–Kier alpha value is -1.07. The summed E-state index contributed by atoms with van der Waals surface area (Å²) in [6.07, 6.45) is 1.11. The Morgan fingerprint density at radius 1 is 1.61 bits per heavy atom. The zero-order valence-electron chi connectivity index (χ0n) is 10.3. The van der Waals surface area contributed by atoms with E-state index >= 15 is 0 Å². The topological polar surface area (TPSA) is 32.3 Å². The molecule has 1 saturated heterocycles. The number of thiol groups is 1. The van der Waals surface area contributed by atoms with Crippen LogP contribution in [-0.4, -0.2) is 37.5 Å². The molecule has 3 nitrogen and oxygen atoms in total. The predicted octanol–water partition coefficient (Wildman–Crippen LogP) is 1.80. The van der Waals surface area contributed by atoms with Gasteiger partial charge >= 0.3 is 0 Å². The van der Waals surface area contributed by atoms with Crippen LogP contribution < -0.4 is 5.32 Å². The van der Waals surface area contributed by atoms with Crippen molar-refractivity contribution in [2.45, 2.75) is 11.3 Å². The summed E-state index contributed by atoms with van der Waals surface area (Å²) >= 11 is 3.97. The maximum absolute atomic E-state index is 13.0. The highest BCUT2D eigenvalue weighted by atomic mass is 32.1. The van der Waals surface area contributed by atoms with Crippen molar-refractivity contribution in [2.75, 3.05) is 26.7 Å². The molecule has 5 heteroatoms. The molecule has 2 rings (SSSR count). The van der Waals surface area contributed by atoms with Crippen molar-refractivity contribution in [3.8, 4) is 0 Å². The number of likely N-dealkylation sites (tertiary alicyclic amines) is 1. The molecule has 1 amide bonds. The zero-order valence-corrected chi connectivity index (χ0v) is 11.2. The summed E-state index contributed by atoms with van der Waals surface area (Å²) in [5, 5.41) is 2.89. The molecule has 1 aromatic rings. The Balaban J connectivity index is 1.89. The third-order valence-electron chi connectivity index (χ3n) is 3.25. The molecule has 1 aliphatic heterocycles. The van der Waals surface area contributed by atoms with Crippen LogP contribution in [0.1, 0.15) is 16.8 Å². The van der Waals surface area contributed by atoms with E-state index in [1.807, 2.05) is 0 Å². The van der Waals surface area contributed by atoms with E-state index in [0.29, 0.717) is 18.0 Å². The second-order valence-electron chi connectivity index (χ2n) is 4.79. The first kappa shape index (κ1) is 13.4. The molecule has 98 valence electrons. The number of carbonyl (C=O) groups is 1. The van der Waals surface area contributed by atoms with Crippen LogP contribution in [0.2, 0.25) is 0 Å². The summed E-state index contributed by atoms with van der Waals surface area (Å²) in [4.78, 5) is 14.3. The van der Waals surface area contributed by atoms with E-state index in [9.17, 15) is 9.18 Å². The standard InChI is InChI=1S/C13H17FN2OS/c1-16-5-4-9(8-16)7-15-13(17)10-2-3-11(14)12(18)6-10/h2-3,6,9,18H,4-5,7-8H2,1H3,(H,15,17). The second kappa shape index (κ2) is 5.71. The van der Waals surface area contributed by atoms with Crippen molar-refractivity contribution in [1.29, 1.82) is 0 Å². The Morgan fingerprint density at radius 3 is 3.00 bits per heavy atom. The number of hydrogen-bond donors (Lipinski definition) is 2. The number of halogens is 1. The Kier molecular flexibility index (Phi) is 4.24. The van der Waals surface area contributed by atoms with Gasteiger partial charge in [0.05, 0.1) is 0 Å². The largest absolute Gasteiger partial charge is 0.352 e. The lowest BCUT2D eigenvalue weighted by Gasteiger charge is -2.12. The third kappa shape index (κ3) is 3.23. The number of hydrogen-bond acceptors (Lipinski definition) is 3. The van der Waals surface area contributed by atoms with Gasteiger partial charge in [-0.1, -0.05) is 0 Å². The Bertz CT molecular complexity index is 453. The van der Waals surface area contributed by atoms with Gasteiger partial charge in [-0.2, -0.15) is 0 Å². The fraction of sp³-hybridized carbons (Fsp3) is 0.462. The van der Waals surface area contributed by atoms with Gasteiger partial charge in [-0.25, -0.2) is 4.39 Å². The van der Waals surface area contributed by atoms with Gasteiger partial charge in [0.1, 0.15) is 5.82 Å². The van der Waals surface area contributed by atoms with E-state index in [1.165, 1.54) is 18.2 Å². The quantitative estimate of drug-likeness (QED) is 0.819. The minimum Gasteiger partial charge on any atom is -0.352 e. The SMILES string of the molecule is CN1CCC(CNC(=O)c2ccc(F)c(S)c2)C1. The van der Waals surface area contributed by atoms with Crippen molar-refractivity contribution >= 4 is 18.5 Å². The van der Waals surface area contributed by atoms with Crippen LogP contribution in [0.4, 0.5) is 4.39 Å². The van der Waals surface area contributed by atoms with Crippen molar-refractivity contribution in [1.82, 2.24) is 10.2 Å². The number of benzene rings is 1. The molecule has 1 atom stereocenters. The molecular formula is C13H17FN2OS. The highest BCUT2D eigenvalue weighted by molar-refractivity contribution is 7.80. The lowest BCUT2D eigenvalue weighted by Crippen LogP contribution is -2.30. The Morgan fingerprint density at radius 2 is 2.39 bits per heavy atom. The van der Waals surface area contributed by atoms with E-state index in [-0.39, 0.29) is 10.8 Å². The predicted molar refractivity (Wildman–Crippen MR) is 71.6 cm³/mol. The molecule has 1 heterocycles. The molecule has 1 fully saturated rings. The van der Waals surface area contributed by atoms with Crippen LogP contribution in [0, 0.1) is 11.7 Å². The molecule has 0 radical (unpaired) electrons. The maximum atomic E-state index is 13.0. The van der Waals surface area contributed by atoms with Gasteiger partial charge in [0.25, 0.3) is 5.91 Å². The average molecular weight is 268 g/mol. The molecule has 0 bridgehead atoms. The van der Waals surface area contributed by atoms with Gasteiger partial charge in [0.2, 0.25) is 0 Å². The van der Waals surface area contributed by atoms with E-state index in [4.69, 9.17) is 0 Å². The minimum absolute atomic E-state index is 0.167. The first-order chi connectivity index (χ1) is 8.56. The van der Waals surface area contributed by atoms with E-state index in [0.717, 1.165) is 19.5 Å².